The van der Waals surface area contributed by atoms with Gasteiger partial charge in [-0.2, -0.15) is 13.2 Å². The Kier molecular flexibility index (Phi) is 6.46. The van der Waals surface area contributed by atoms with Crippen molar-refractivity contribution in [2.75, 3.05) is 19.8 Å². The third kappa shape index (κ3) is 7.53. The average molecular weight is 267 g/mol. The maximum Gasteiger partial charge on any atom is 0.411 e. The smallest absolute Gasteiger partial charge is 0.370 e. The standard InChI is InChI=1S/C12H20F3NO2/c13-12(14,15)9-18-8-7-16-11(17)6-5-10-3-1-2-4-10/h10H,1-9H2,(H,16,17). The van der Waals surface area contributed by atoms with Crippen LogP contribution in [0.3, 0.4) is 0 Å². The van der Waals surface area contributed by atoms with Gasteiger partial charge in [0.1, 0.15) is 6.61 Å². The van der Waals surface area contributed by atoms with E-state index in [0.717, 1.165) is 6.42 Å². The quantitative estimate of drug-likeness (QED) is 0.720. The fourth-order valence-corrected chi connectivity index (χ4v) is 2.17. The third-order valence-electron chi connectivity index (χ3n) is 3.09. The number of rotatable bonds is 7. The second-order valence-corrected chi connectivity index (χ2v) is 4.71. The molecule has 0 aromatic heterocycles. The molecule has 0 radical (unpaired) electrons. The first-order valence-corrected chi connectivity index (χ1v) is 6.38. The first kappa shape index (κ1) is 15.3. The largest absolute Gasteiger partial charge is 0.411 e. The van der Waals surface area contributed by atoms with Gasteiger partial charge in [-0.15, -0.1) is 0 Å². The molecule has 1 amide bonds. The summed E-state index contributed by atoms with van der Waals surface area (Å²) in [5.41, 5.74) is 0. The lowest BCUT2D eigenvalue weighted by molar-refractivity contribution is -0.173. The predicted octanol–water partition coefficient (Wildman–Crippen LogP) is 2.65. The molecule has 0 aliphatic heterocycles. The Morgan fingerprint density at radius 2 is 1.94 bits per heavy atom. The monoisotopic (exact) mass is 267 g/mol. The summed E-state index contributed by atoms with van der Waals surface area (Å²) in [6.07, 6.45) is 1.94. The van der Waals surface area contributed by atoms with Crippen molar-refractivity contribution in [3.8, 4) is 0 Å². The van der Waals surface area contributed by atoms with Gasteiger partial charge in [-0.3, -0.25) is 4.79 Å². The summed E-state index contributed by atoms with van der Waals surface area (Å²) in [4.78, 5) is 11.4. The zero-order chi connectivity index (χ0) is 13.4. The van der Waals surface area contributed by atoms with E-state index in [1.54, 1.807) is 0 Å². The Balaban J connectivity index is 1.93. The van der Waals surface area contributed by atoms with E-state index >= 15 is 0 Å². The highest BCUT2D eigenvalue weighted by Crippen LogP contribution is 2.28. The number of hydrogen-bond acceptors (Lipinski definition) is 2. The Labute approximate surface area is 105 Å². The molecule has 1 rings (SSSR count). The predicted molar refractivity (Wildman–Crippen MR) is 61.1 cm³/mol. The van der Waals surface area contributed by atoms with E-state index in [2.05, 4.69) is 10.1 Å². The van der Waals surface area contributed by atoms with Gasteiger partial charge in [0, 0.05) is 13.0 Å². The second kappa shape index (κ2) is 7.61. The molecule has 0 unspecified atom stereocenters. The number of carbonyl (C=O) groups is 1. The van der Waals surface area contributed by atoms with Gasteiger partial charge in [-0.25, -0.2) is 0 Å². The first-order chi connectivity index (χ1) is 8.47. The van der Waals surface area contributed by atoms with E-state index in [1.807, 2.05) is 0 Å². The van der Waals surface area contributed by atoms with Crippen LogP contribution in [0.15, 0.2) is 0 Å². The van der Waals surface area contributed by atoms with Gasteiger partial charge in [0.05, 0.1) is 6.61 Å². The minimum Gasteiger partial charge on any atom is -0.370 e. The molecule has 1 aliphatic rings. The first-order valence-electron chi connectivity index (χ1n) is 6.38. The average Bonchev–Trinajstić information content (AvgIpc) is 2.77. The Morgan fingerprint density at radius 1 is 1.28 bits per heavy atom. The highest BCUT2D eigenvalue weighted by molar-refractivity contribution is 5.75. The number of hydrogen-bond donors (Lipinski definition) is 1. The molecular weight excluding hydrogens is 247 g/mol. The summed E-state index contributed by atoms with van der Waals surface area (Å²) >= 11 is 0. The summed E-state index contributed by atoms with van der Waals surface area (Å²) < 4.78 is 39.6. The molecule has 1 aliphatic carbocycles. The highest BCUT2D eigenvalue weighted by Gasteiger charge is 2.27. The number of halogens is 3. The van der Waals surface area contributed by atoms with Crippen molar-refractivity contribution < 1.29 is 22.7 Å². The summed E-state index contributed by atoms with van der Waals surface area (Å²) in [7, 11) is 0. The molecule has 0 spiro atoms. The van der Waals surface area contributed by atoms with Gasteiger partial charge in [0.2, 0.25) is 5.91 Å². The van der Waals surface area contributed by atoms with Crippen LogP contribution >= 0.6 is 0 Å². The second-order valence-electron chi connectivity index (χ2n) is 4.71. The van der Waals surface area contributed by atoms with Crippen molar-refractivity contribution in [2.24, 2.45) is 5.92 Å². The van der Waals surface area contributed by atoms with E-state index in [9.17, 15) is 18.0 Å². The van der Waals surface area contributed by atoms with Crippen molar-refractivity contribution >= 4 is 5.91 Å². The van der Waals surface area contributed by atoms with Crippen molar-refractivity contribution in [3.63, 3.8) is 0 Å². The van der Waals surface area contributed by atoms with Gasteiger partial charge in [-0.05, 0) is 12.3 Å². The molecule has 3 nitrogen and oxygen atoms in total. The molecule has 0 atom stereocenters. The number of ether oxygens (including phenoxy) is 1. The SMILES string of the molecule is O=C(CCC1CCCC1)NCCOCC(F)(F)F. The number of carbonyl (C=O) groups excluding carboxylic acids is 1. The molecule has 1 N–H and O–H groups in total. The van der Waals surface area contributed by atoms with Crippen LogP contribution in [-0.4, -0.2) is 31.8 Å². The van der Waals surface area contributed by atoms with Crippen LogP contribution in [0.4, 0.5) is 13.2 Å². The summed E-state index contributed by atoms with van der Waals surface area (Å²) in [6.45, 7) is -1.22. The lowest BCUT2D eigenvalue weighted by Gasteiger charge is -2.10. The van der Waals surface area contributed by atoms with Crippen LogP contribution in [-0.2, 0) is 9.53 Å². The lowest BCUT2D eigenvalue weighted by atomic mass is 10.0. The maximum absolute atomic E-state index is 11.7. The van der Waals surface area contributed by atoms with Crippen molar-refractivity contribution in [3.05, 3.63) is 0 Å². The van der Waals surface area contributed by atoms with Crippen LogP contribution in [0.5, 0.6) is 0 Å². The summed E-state index contributed by atoms with van der Waals surface area (Å²) in [5, 5.41) is 2.56. The van der Waals surface area contributed by atoms with Crippen molar-refractivity contribution in [1.82, 2.24) is 5.32 Å². The zero-order valence-electron chi connectivity index (χ0n) is 10.4. The molecule has 0 bridgehead atoms. The molecule has 106 valence electrons. The topological polar surface area (TPSA) is 38.3 Å². The van der Waals surface area contributed by atoms with Crippen LogP contribution in [0, 0.1) is 5.92 Å². The molecule has 1 saturated carbocycles. The Bertz CT molecular complexity index is 250. The normalized spacial score (nSPS) is 17.1. The molecule has 0 saturated heterocycles. The summed E-state index contributed by atoms with van der Waals surface area (Å²) in [5.74, 6) is 0.551. The Hall–Kier alpha value is -0.780. The maximum atomic E-state index is 11.7. The van der Waals surface area contributed by atoms with Crippen molar-refractivity contribution in [1.29, 1.82) is 0 Å². The van der Waals surface area contributed by atoms with Gasteiger partial charge in [0.25, 0.3) is 0 Å². The zero-order valence-corrected chi connectivity index (χ0v) is 10.4. The van der Waals surface area contributed by atoms with Crippen LogP contribution in [0.1, 0.15) is 38.5 Å². The summed E-state index contributed by atoms with van der Waals surface area (Å²) in [6, 6.07) is 0. The molecule has 6 heteroatoms. The highest BCUT2D eigenvalue weighted by atomic mass is 19.4. The van der Waals surface area contributed by atoms with Gasteiger partial charge >= 0.3 is 6.18 Å². The fraction of sp³-hybridized carbons (Fsp3) is 0.917. The van der Waals surface area contributed by atoms with Crippen LogP contribution in [0.2, 0.25) is 0 Å². The van der Waals surface area contributed by atoms with Gasteiger partial charge < -0.3 is 10.1 Å². The minimum absolute atomic E-state index is 0.0995. The molecule has 0 aromatic carbocycles. The van der Waals surface area contributed by atoms with Gasteiger partial charge in [0.15, 0.2) is 0 Å². The fourth-order valence-electron chi connectivity index (χ4n) is 2.17. The number of alkyl halides is 3. The van der Waals surface area contributed by atoms with E-state index in [1.165, 1.54) is 25.7 Å². The van der Waals surface area contributed by atoms with E-state index < -0.39 is 12.8 Å². The van der Waals surface area contributed by atoms with E-state index in [4.69, 9.17) is 0 Å². The number of nitrogens with one attached hydrogen (secondary N) is 1. The van der Waals surface area contributed by atoms with Crippen LogP contribution in [0.25, 0.3) is 0 Å². The Morgan fingerprint density at radius 3 is 2.56 bits per heavy atom. The molecule has 0 heterocycles. The number of amides is 1. The molecule has 18 heavy (non-hydrogen) atoms. The van der Waals surface area contributed by atoms with E-state index in [0.29, 0.717) is 12.3 Å². The minimum atomic E-state index is -4.30. The van der Waals surface area contributed by atoms with Gasteiger partial charge in [-0.1, -0.05) is 25.7 Å². The van der Waals surface area contributed by atoms with E-state index in [-0.39, 0.29) is 19.1 Å². The molecule has 0 aromatic rings. The lowest BCUT2D eigenvalue weighted by Crippen LogP contribution is -2.29. The molecule has 1 fully saturated rings. The third-order valence-corrected chi connectivity index (χ3v) is 3.09. The molecular formula is C12H20F3NO2. The van der Waals surface area contributed by atoms with Crippen LogP contribution < -0.4 is 5.32 Å². The van der Waals surface area contributed by atoms with Crippen molar-refractivity contribution in [2.45, 2.75) is 44.7 Å².